The van der Waals surface area contributed by atoms with E-state index in [-0.39, 0.29) is 0 Å². The van der Waals surface area contributed by atoms with Gasteiger partial charge in [-0.2, -0.15) is 9.61 Å². The Balaban J connectivity index is 1.68. The van der Waals surface area contributed by atoms with Gasteiger partial charge in [-0.1, -0.05) is 48.2 Å². The SMILES string of the molecule is COc1ccccc1-c1ccc2nnc(SCc3ccccc3C)n2n1. The van der Waals surface area contributed by atoms with Crippen LogP contribution in [0.25, 0.3) is 16.9 Å². The summed E-state index contributed by atoms with van der Waals surface area (Å²) in [6.07, 6.45) is 0. The van der Waals surface area contributed by atoms with E-state index in [1.165, 1.54) is 11.1 Å². The minimum atomic E-state index is 0.732. The maximum Gasteiger partial charge on any atom is 0.212 e. The summed E-state index contributed by atoms with van der Waals surface area (Å²) in [5, 5.41) is 14.0. The number of hydrogen-bond acceptors (Lipinski definition) is 5. The molecule has 0 N–H and O–H groups in total. The summed E-state index contributed by atoms with van der Waals surface area (Å²) in [6, 6.07) is 20.1. The zero-order valence-electron chi connectivity index (χ0n) is 14.6. The van der Waals surface area contributed by atoms with Gasteiger partial charge in [-0.15, -0.1) is 10.2 Å². The van der Waals surface area contributed by atoms with Gasteiger partial charge in [-0.25, -0.2) is 0 Å². The standard InChI is InChI=1S/C20H18N4OS/c1-14-7-3-4-8-15(14)13-26-20-22-21-19-12-11-17(23-24(19)20)16-9-5-6-10-18(16)25-2/h3-12H,13H2,1-2H3. The highest BCUT2D eigenvalue weighted by Gasteiger charge is 2.12. The summed E-state index contributed by atoms with van der Waals surface area (Å²) < 4.78 is 7.25. The quantitative estimate of drug-likeness (QED) is 0.493. The maximum atomic E-state index is 5.46. The Kier molecular flexibility index (Phi) is 4.58. The third-order valence-corrected chi connectivity index (χ3v) is 5.20. The molecule has 0 radical (unpaired) electrons. The van der Waals surface area contributed by atoms with Crippen LogP contribution in [-0.4, -0.2) is 26.9 Å². The van der Waals surface area contributed by atoms with Gasteiger partial charge >= 0.3 is 0 Å². The number of aromatic nitrogens is 4. The lowest BCUT2D eigenvalue weighted by Gasteiger charge is -2.08. The highest BCUT2D eigenvalue weighted by Crippen LogP contribution is 2.29. The lowest BCUT2D eigenvalue weighted by Crippen LogP contribution is -1.98. The molecule has 6 heteroatoms. The molecule has 0 saturated heterocycles. The zero-order chi connectivity index (χ0) is 17.9. The summed E-state index contributed by atoms with van der Waals surface area (Å²) in [7, 11) is 1.67. The fraction of sp³-hybridized carbons (Fsp3) is 0.150. The molecule has 2 heterocycles. The molecule has 4 aromatic rings. The van der Waals surface area contributed by atoms with E-state index in [9.17, 15) is 0 Å². The highest BCUT2D eigenvalue weighted by atomic mass is 32.2. The van der Waals surface area contributed by atoms with Gasteiger partial charge < -0.3 is 4.74 Å². The van der Waals surface area contributed by atoms with Gasteiger partial charge in [0.25, 0.3) is 0 Å². The van der Waals surface area contributed by atoms with Crippen molar-refractivity contribution in [2.45, 2.75) is 17.8 Å². The first-order valence-corrected chi connectivity index (χ1v) is 9.28. The van der Waals surface area contributed by atoms with Crippen molar-refractivity contribution < 1.29 is 4.74 Å². The molecule has 2 aromatic carbocycles. The third kappa shape index (κ3) is 3.15. The van der Waals surface area contributed by atoms with Crippen molar-refractivity contribution in [3.05, 3.63) is 71.8 Å². The van der Waals surface area contributed by atoms with Crippen LogP contribution in [0, 0.1) is 6.92 Å². The van der Waals surface area contributed by atoms with Gasteiger partial charge in [0, 0.05) is 11.3 Å². The first-order valence-electron chi connectivity index (χ1n) is 8.29. The van der Waals surface area contributed by atoms with E-state index in [1.807, 2.05) is 36.4 Å². The number of methoxy groups -OCH3 is 1. The lowest BCUT2D eigenvalue weighted by molar-refractivity contribution is 0.416. The number of para-hydroxylation sites is 1. The van der Waals surface area contributed by atoms with Crippen molar-refractivity contribution in [2.75, 3.05) is 7.11 Å². The van der Waals surface area contributed by atoms with Crippen LogP contribution < -0.4 is 4.74 Å². The van der Waals surface area contributed by atoms with Crippen LogP contribution in [0.2, 0.25) is 0 Å². The number of hydrogen-bond donors (Lipinski definition) is 0. The molecule has 0 aliphatic rings. The van der Waals surface area contributed by atoms with Crippen molar-refractivity contribution in [3.63, 3.8) is 0 Å². The van der Waals surface area contributed by atoms with E-state index in [0.29, 0.717) is 0 Å². The molecule has 0 bridgehead atoms. The van der Waals surface area contributed by atoms with E-state index in [1.54, 1.807) is 23.4 Å². The Hall–Kier alpha value is -2.86. The predicted molar refractivity (Wildman–Crippen MR) is 104 cm³/mol. The number of thioether (sulfide) groups is 1. The second kappa shape index (κ2) is 7.17. The molecular formula is C20H18N4OS. The Morgan fingerprint density at radius 2 is 1.77 bits per heavy atom. The predicted octanol–water partition coefficient (Wildman–Crippen LogP) is 4.40. The summed E-state index contributed by atoms with van der Waals surface area (Å²) in [4.78, 5) is 0. The van der Waals surface area contributed by atoms with E-state index in [0.717, 1.165) is 33.6 Å². The normalized spacial score (nSPS) is 11.0. The number of fused-ring (bicyclic) bond motifs is 1. The average Bonchev–Trinajstić information content (AvgIpc) is 3.09. The Bertz CT molecular complexity index is 1060. The smallest absolute Gasteiger partial charge is 0.212 e. The summed E-state index contributed by atoms with van der Waals surface area (Å²) in [5.41, 5.74) is 5.07. The Labute approximate surface area is 156 Å². The van der Waals surface area contributed by atoms with Crippen LogP contribution in [0.3, 0.4) is 0 Å². The van der Waals surface area contributed by atoms with Crippen LogP contribution in [0.1, 0.15) is 11.1 Å². The van der Waals surface area contributed by atoms with E-state index in [4.69, 9.17) is 9.84 Å². The molecular weight excluding hydrogens is 344 g/mol. The van der Waals surface area contributed by atoms with E-state index >= 15 is 0 Å². The average molecular weight is 362 g/mol. The maximum absolute atomic E-state index is 5.46. The molecule has 0 unspecified atom stereocenters. The number of benzene rings is 2. The molecule has 0 atom stereocenters. The molecule has 0 amide bonds. The molecule has 26 heavy (non-hydrogen) atoms. The lowest BCUT2D eigenvalue weighted by atomic mass is 10.1. The van der Waals surface area contributed by atoms with Gasteiger partial charge in [0.1, 0.15) is 5.75 Å². The molecule has 0 aliphatic heterocycles. The van der Waals surface area contributed by atoms with Crippen LogP contribution in [0.4, 0.5) is 0 Å². The minimum Gasteiger partial charge on any atom is -0.496 e. The minimum absolute atomic E-state index is 0.732. The van der Waals surface area contributed by atoms with Crippen molar-refractivity contribution in [3.8, 4) is 17.0 Å². The number of rotatable bonds is 5. The molecule has 0 aliphatic carbocycles. The zero-order valence-corrected chi connectivity index (χ0v) is 15.4. The molecule has 5 nitrogen and oxygen atoms in total. The Morgan fingerprint density at radius 1 is 0.962 bits per heavy atom. The fourth-order valence-electron chi connectivity index (χ4n) is 2.77. The van der Waals surface area contributed by atoms with Crippen molar-refractivity contribution in [1.29, 1.82) is 0 Å². The molecule has 2 aromatic heterocycles. The van der Waals surface area contributed by atoms with Crippen LogP contribution >= 0.6 is 11.8 Å². The topological polar surface area (TPSA) is 52.3 Å². The largest absolute Gasteiger partial charge is 0.496 e. The molecule has 0 spiro atoms. The van der Waals surface area contributed by atoms with Gasteiger partial charge in [0.05, 0.1) is 12.8 Å². The molecule has 0 saturated carbocycles. The summed E-state index contributed by atoms with van der Waals surface area (Å²) >= 11 is 1.63. The van der Waals surface area contributed by atoms with Crippen LogP contribution in [-0.2, 0) is 5.75 Å². The van der Waals surface area contributed by atoms with Crippen LogP contribution in [0.5, 0.6) is 5.75 Å². The van der Waals surface area contributed by atoms with Gasteiger partial charge in [0.15, 0.2) is 5.65 Å². The van der Waals surface area contributed by atoms with Crippen molar-refractivity contribution in [1.82, 2.24) is 19.8 Å². The van der Waals surface area contributed by atoms with E-state index in [2.05, 4.69) is 41.4 Å². The molecule has 130 valence electrons. The monoisotopic (exact) mass is 362 g/mol. The number of ether oxygens (including phenoxy) is 1. The van der Waals surface area contributed by atoms with Gasteiger partial charge in [-0.3, -0.25) is 0 Å². The fourth-order valence-corrected chi connectivity index (χ4v) is 3.74. The second-order valence-electron chi connectivity index (χ2n) is 5.89. The third-order valence-electron chi connectivity index (χ3n) is 4.24. The molecule has 4 rings (SSSR count). The summed E-state index contributed by atoms with van der Waals surface area (Å²) in [6.45, 7) is 2.12. The Morgan fingerprint density at radius 3 is 2.62 bits per heavy atom. The van der Waals surface area contributed by atoms with E-state index < -0.39 is 0 Å². The summed E-state index contributed by atoms with van der Waals surface area (Å²) in [5.74, 6) is 1.62. The molecule has 0 fully saturated rings. The van der Waals surface area contributed by atoms with Crippen molar-refractivity contribution in [2.24, 2.45) is 0 Å². The first kappa shape index (κ1) is 16.6. The first-order chi connectivity index (χ1) is 12.8. The number of nitrogens with zero attached hydrogens (tertiary/aromatic N) is 4. The highest BCUT2D eigenvalue weighted by molar-refractivity contribution is 7.98. The van der Waals surface area contributed by atoms with Crippen LogP contribution in [0.15, 0.2) is 65.8 Å². The van der Waals surface area contributed by atoms with Crippen molar-refractivity contribution >= 4 is 17.4 Å². The second-order valence-corrected chi connectivity index (χ2v) is 6.83. The number of aryl methyl sites for hydroxylation is 1. The van der Waals surface area contributed by atoms with Gasteiger partial charge in [0.2, 0.25) is 5.16 Å². The van der Waals surface area contributed by atoms with Gasteiger partial charge in [-0.05, 0) is 42.3 Å².